The molecule has 68 valence electrons. The molecule has 3 N–H and O–H groups in total. The van der Waals surface area contributed by atoms with Gasteiger partial charge in [0.15, 0.2) is 0 Å². The number of hydrogen-bond donors (Lipinski definition) is 3. The number of aliphatic hydroxyl groups is 3. The molecule has 3 unspecified atom stereocenters. The van der Waals surface area contributed by atoms with Gasteiger partial charge in [0.05, 0.1) is 12.7 Å². The van der Waals surface area contributed by atoms with Gasteiger partial charge >= 0.3 is 29.6 Å². The predicted molar refractivity (Wildman–Crippen MR) is 42.1 cm³/mol. The fourth-order valence-corrected chi connectivity index (χ4v) is 0.866. The molecule has 0 spiro atoms. The van der Waals surface area contributed by atoms with Crippen LogP contribution in [0.1, 0.15) is 0 Å². The fraction of sp³-hybridized carbons (Fsp3) is 1.00. The van der Waals surface area contributed by atoms with Gasteiger partial charge in [-0.15, -0.1) is 5.75 Å². The van der Waals surface area contributed by atoms with Crippen LogP contribution in [-0.4, -0.2) is 53.1 Å². The Morgan fingerprint density at radius 2 is 1.92 bits per heavy atom. The minimum atomic E-state index is -1.11. The molecular weight excluding hydrogens is 191 g/mol. The van der Waals surface area contributed by atoms with Crippen molar-refractivity contribution in [2.24, 2.45) is 0 Å². The Hall–Kier alpha value is 1.19. The van der Waals surface area contributed by atoms with Crippen LogP contribution >= 0.6 is 0 Å². The summed E-state index contributed by atoms with van der Waals surface area (Å²) >= 11 is 4.52. The quantitative estimate of drug-likeness (QED) is 0.310. The molecule has 0 saturated carbocycles. The van der Waals surface area contributed by atoms with Gasteiger partial charge in [0.1, 0.15) is 12.2 Å². The van der Waals surface area contributed by atoms with E-state index in [9.17, 15) is 5.11 Å². The SMILES string of the molecule is COC(CO)C(O)C(O)C[S-].[Na+]. The summed E-state index contributed by atoms with van der Waals surface area (Å²) < 4.78 is 4.68. The van der Waals surface area contributed by atoms with E-state index in [0.717, 1.165) is 0 Å². The number of rotatable bonds is 5. The number of ether oxygens (including phenoxy) is 1. The van der Waals surface area contributed by atoms with E-state index in [4.69, 9.17) is 10.2 Å². The molecule has 0 amide bonds. The minimum absolute atomic E-state index is 0. The molecule has 0 fully saturated rings. The summed E-state index contributed by atoms with van der Waals surface area (Å²) in [5.41, 5.74) is 0. The Bertz CT molecular complexity index is 102. The Kier molecular flexibility index (Phi) is 11.4. The van der Waals surface area contributed by atoms with Crippen LogP contribution in [0.25, 0.3) is 0 Å². The summed E-state index contributed by atoms with van der Waals surface area (Å²) in [6.07, 6.45) is -2.88. The van der Waals surface area contributed by atoms with Crippen molar-refractivity contribution in [1.82, 2.24) is 0 Å². The maximum Gasteiger partial charge on any atom is 1.00 e. The van der Waals surface area contributed by atoms with Crippen LogP contribution < -0.4 is 29.6 Å². The smallest absolute Gasteiger partial charge is 0.790 e. The molecule has 6 heteroatoms. The molecule has 4 nitrogen and oxygen atoms in total. The predicted octanol–water partition coefficient (Wildman–Crippen LogP) is -4.73. The maximum absolute atomic E-state index is 9.18. The summed E-state index contributed by atoms with van der Waals surface area (Å²) in [5.74, 6) is 0.0288. The Morgan fingerprint density at radius 1 is 1.42 bits per heavy atom. The first-order valence-electron chi connectivity index (χ1n) is 3.25. The molecule has 0 bridgehead atoms. The first-order chi connectivity index (χ1) is 5.17. The van der Waals surface area contributed by atoms with Crippen molar-refractivity contribution in [3.8, 4) is 0 Å². The summed E-state index contributed by atoms with van der Waals surface area (Å²) in [7, 11) is 1.35. The Balaban J connectivity index is 0. The van der Waals surface area contributed by atoms with Gasteiger partial charge in [-0.1, -0.05) is 0 Å². The number of hydrogen-bond acceptors (Lipinski definition) is 5. The van der Waals surface area contributed by atoms with Crippen LogP contribution in [-0.2, 0) is 17.4 Å². The summed E-state index contributed by atoms with van der Waals surface area (Å²) in [6, 6.07) is 0. The van der Waals surface area contributed by atoms with E-state index in [1.54, 1.807) is 0 Å². The Labute approximate surface area is 99.6 Å². The molecule has 12 heavy (non-hydrogen) atoms. The second-order valence-corrected chi connectivity index (χ2v) is 2.51. The first-order valence-corrected chi connectivity index (χ1v) is 3.83. The second-order valence-electron chi connectivity index (χ2n) is 2.18. The van der Waals surface area contributed by atoms with E-state index >= 15 is 0 Å². The maximum atomic E-state index is 9.18. The first kappa shape index (κ1) is 15.7. The monoisotopic (exact) mass is 204 g/mol. The minimum Gasteiger partial charge on any atom is -0.790 e. The molecule has 0 radical (unpaired) electrons. The molecule has 0 aliphatic rings. The van der Waals surface area contributed by atoms with Crippen LogP contribution in [0.4, 0.5) is 0 Å². The molecular formula is C6H13NaO4S. The van der Waals surface area contributed by atoms with Crippen LogP contribution in [0, 0.1) is 0 Å². The molecule has 0 aromatic heterocycles. The average molecular weight is 204 g/mol. The number of methoxy groups -OCH3 is 1. The van der Waals surface area contributed by atoms with E-state index in [2.05, 4.69) is 17.4 Å². The van der Waals surface area contributed by atoms with Crippen molar-refractivity contribution in [2.75, 3.05) is 19.5 Å². The van der Waals surface area contributed by atoms with Gasteiger partial charge in [-0.3, -0.25) is 0 Å². The molecule has 0 rings (SSSR count). The van der Waals surface area contributed by atoms with Gasteiger partial charge < -0.3 is 32.7 Å². The molecule has 0 heterocycles. The van der Waals surface area contributed by atoms with Crippen molar-refractivity contribution >= 4 is 12.6 Å². The fourth-order valence-electron chi connectivity index (χ4n) is 0.668. The summed E-state index contributed by atoms with van der Waals surface area (Å²) in [4.78, 5) is 0. The van der Waals surface area contributed by atoms with E-state index in [1.807, 2.05) is 0 Å². The van der Waals surface area contributed by atoms with E-state index < -0.39 is 18.3 Å². The zero-order chi connectivity index (χ0) is 8.85. The van der Waals surface area contributed by atoms with Crippen molar-refractivity contribution in [3.63, 3.8) is 0 Å². The molecule has 0 saturated heterocycles. The standard InChI is InChI=1S/C6H14O4S.Na/c1-10-5(2-7)6(9)4(8)3-11;/h4-9,11H,2-3H2,1H3;/q;+1/p-1. The van der Waals surface area contributed by atoms with Crippen LogP contribution in [0.5, 0.6) is 0 Å². The van der Waals surface area contributed by atoms with Crippen molar-refractivity contribution in [1.29, 1.82) is 0 Å². The van der Waals surface area contributed by atoms with Gasteiger partial charge in [0, 0.05) is 7.11 Å². The van der Waals surface area contributed by atoms with Gasteiger partial charge in [-0.2, -0.15) is 0 Å². The molecule has 0 aromatic carbocycles. The van der Waals surface area contributed by atoms with E-state index in [0.29, 0.717) is 0 Å². The van der Waals surface area contributed by atoms with Gasteiger partial charge in [0.25, 0.3) is 0 Å². The summed E-state index contributed by atoms with van der Waals surface area (Å²) in [5, 5.41) is 26.8. The Morgan fingerprint density at radius 3 is 2.17 bits per heavy atom. The third kappa shape index (κ3) is 5.04. The van der Waals surface area contributed by atoms with Crippen molar-refractivity contribution in [3.05, 3.63) is 0 Å². The summed E-state index contributed by atoms with van der Waals surface area (Å²) in [6.45, 7) is -0.329. The van der Waals surface area contributed by atoms with E-state index in [1.165, 1.54) is 7.11 Å². The molecule has 0 aromatic rings. The van der Waals surface area contributed by atoms with Gasteiger partial charge in [-0.25, -0.2) is 0 Å². The molecule has 0 aliphatic heterocycles. The normalized spacial score (nSPS) is 17.8. The number of aliphatic hydroxyl groups excluding tert-OH is 3. The zero-order valence-corrected chi connectivity index (χ0v) is 10.1. The molecule has 0 aliphatic carbocycles. The topological polar surface area (TPSA) is 69.9 Å². The van der Waals surface area contributed by atoms with Crippen LogP contribution in [0.3, 0.4) is 0 Å². The van der Waals surface area contributed by atoms with Gasteiger partial charge in [-0.05, 0) is 0 Å². The largest absolute Gasteiger partial charge is 1.00 e. The third-order valence-corrected chi connectivity index (χ3v) is 1.77. The van der Waals surface area contributed by atoms with Gasteiger partial charge in [0.2, 0.25) is 0 Å². The van der Waals surface area contributed by atoms with Crippen molar-refractivity contribution < 1.29 is 49.6 Å². The van der Waals surface area contributed by atoms with E-state index in [-0.39, 0.29) is 41.9 Å². The zero-order valence-electron chi connectivity index (χ0n) is 7.30. The third-order valence-electron chi connectivity index (χ3n) is 1.43. The second kappa shape index (κ2) is 8.77. The van der Waals surface area contributed by atoms with Crippen LogP contribution in [0.15, 0.2) is 0 Å². The van der Waals surface area contributed by atoms with Crippen molar-refractivity contribution in [2.45, 2.75) is 18.3 Å². The van der Waals surface area contributed by atoms with Crippen LogP contribution in [0.2, 0.25) is 0 Å². The average Bonchev–Trinajstić information content (AvgIpc) is 2.05. The molecule has 3 atom stereocenters.